The molecule has 0 bridgehead atoms. The highest BCUT2D eigenvalue weighted by atomic mass is 32.2. The number of thiazole rings is 1. The van der Waals surface area contributed by atoms with Gasteiger partial charge in [0.1, 0.15) is 0 Å². The number of nitrogens with zero attached hydrogens (tertiary/aromatic N) is 2. The second-order valence-corrected chi connectivity index (χ2v) is 8.70. The fourth-order valence-corrected chi connectivity index (χ4v) is 4.30. The van der Waals surface area contributed by atoms with Crippen LogP contribution in [-0.2, 0) is 23.1 Å². The SMILES string of the molecule is CN(Cc1ccccc1)S(=O)(=O)c1ccc(Cn2c(O)csc2=O)cc1. The molecular formula is C18H18N2O4S2. The van der Waals surface area contributed by atoms with E-state index in [1.165, 1.54) is 26.4 Å². The van der Waals surface area contributed by atoms with Gasteiger partial charge in [-0.15, -0.1) is 0 Å². The second-order valence-electron chi connectivity index (χ2n) is 5.84. The van der Waals surface area contributed by atoms with Crippen molar-refractivity contribution in [3.05, 3.63) is 80.8 Å². The molecule has 0 aliphatic carbocycles. The summed E-state index contributed by atoms with van der Waals surface area (Å²) in [4.78, 5) is 11.6. The third-order valence-corrected chi connectivity index (χ3v) is 6.55. The lowest BCUT2D eigenvalue weighted by Crippen LogP contribution is -2.26. The van der Waals surface area contributed by atoms with Gasteiger partial charge in [-0.2, -0.15) is 4.31 Å². The highest BCUT2D eigenvalue weighted by Gasteiger charge is 2.20. The van der Waals surface area contributed by atoms with Gasteiger partial charge in [0.2, 0.25) is 15.9 Å². The van der Waals surface area contributed by atoms with E-state index in [9.17, 15) is 18.3 Å². The molecule has 0 fully saturated rings. The van der Waals surface area contributed by atoms with Gasteiger partial charge in [0.15, 0.2) is 0 Å². The number of aromatic nitrogens is 1. The van der Waals surface area contributed by atoms with Crippen molar-refractivity contribution in [2.75, 3.05) is 7.05 Å². The van der Waals surface area contributed by atoms with Gasteiger partial charge in [0.05, 0.1) is 16.8 Å². The number of sulfonamides is 1. The van der Waals surface area contributed by atoms with Crippen LogP contribution >= 0.6 is 11.3 Å². The van der Waals surface area contributed by atoms with Crippen LogP contribution in [0.25, 0.3) is 0 Å². The first kappa shape index (κ1) is 18.4. The summed E-state index contributed by atoms with van der Waals surface area (Å²) in [5.74, 6) is -0.0979. The van der Waals surface area contributed by atoms with Gasteiger partial charge >= 0.3 is 4.87 Å². The Kier molecular flexibility index (Phi) is 5.26. The van der Waals surface area contributed by atoms with Crippen LogP contribution in [0.15, 0.2) is 69.7 Å². The number of benzene rings is 2. The molecule has 0 aliphatic heterocycles. The van der Waals surface area contributed by atoms with Crippen LogP contribution in [-0.4, -0.2) is 29.4 Å². The summed E-state index contributed by atoms with van der Waals surface area (Å²) in [5.41, 5.74) is 1.63. The minimum Gasteiger partial charge on any atom is -0.494 e. The molecule has 1 heterocycles. The zero-order valence-corrected chi connectivity index (χ0v) is 15.7. The minimum absolute atomic E-state index is 0.0979. The number of rotatable bonds is 6. The molecule has 26 heavy (non-hydrogen) atoms. The van der Waals surface area contributed by atoms with Crippen LogP contribution in [0.3, 0.4) is 0 Å². The Hall–Kier alpha value is -2.42. The fraction of sp³-hybridized carbons (Fsp3) is 0.167. The maximum Gasteiger partial charge on any atom is 0.310 e. The van der Waals surface area contributed by atoms with Crippen LogP contribution in [0, 0.1) is 0 Å². The molecule has 3 aromatic rings. The van der Waals surface area contributed by atoms with Gasteiger partial charge in [0, 0.05) is 13.6 Å². The van der Waals surface area contributed by atoms with E-state index in [1.54, 1.807) is 19.2 Å². The highest BCUT2D eigenvalue weighted by molar-refractivity contribution is 7.89. The molecule has 0 spiro atoms. The van der Waals surface area contributed by atoms with Crippen LogP contribution < -0.4 is 4.87 Å². The first-order valence-corrected chi connectivity index (χ1v) is 10.2. The first-order chi connectivity index (χ1) is 12.4. The van der Waals surface area contributed by atoms with Crippen LogP contribution in [0.5, 0.6) is 5.88 Å². The maximum absolute atomic E-state index is 12.7. The third-order valence-electron chi connectivity index (χ3n) is 3.98. The van der Waals surface area contributed by atoms with Crippen molar-refractivity contribution in [1.82, 2.24) is 8.87 Å². The lowest BCUT2D eigenvalue weighted by molar-refractivity contribution is 0.421. The average molecular weight is 390 g/mol. The molecule has 0 saturated heterocycles. The largest absolute Gasteiger partial charge is 0.494 e. The molecule has 1 aromatic heterocycles. The zero-order chi connectivity index (χ0) is 18.7. The van der Waals surface area contributed by atoms with E-state index in [0.717, 1.165) is 22.5 Å². The van der Waals surface area contributed by atoms with Crippen molar-refractivity contribution in [3.63, 3.8) is 0 Å². The zero-order valence-electron chi connectivity index (χ0n) is 14.1. The maximum atomic E-state index is 12.7. The molecule has 2 aromatic carbocycles. The predicted octanol–water partition coefficient (Wildman–Crippen LogP) is 2.48. The van der Waals surface area contributed by atoms with E-state index in [1.807, 2.05) is 30.3 Å². The van der Waals surface area contributed by atoms with Crippen molar-refractivity contribution in [2.45, 2.75) is 18.0 Å². The van der Waals surface area contributed by atoms with Gasteiger partial charge in [-0.25, -0.2) is 8.42 Å². The molecule has 136 valence electrons. The van der Waals surface area contributed by atoms with Crippen molar-refractivity contribution in [2.24, 2.45) is 0 Å². The number of hydrogen-bond acceptors (Lipinski definition) is 5. The summed E-state index contributed by atoms with van der Waals surface area (Å²) >= 11 is 0.917. The van der Waals surface area contributed by atoms with Crippen LogP contribution in [0.2, 0.25) is 0 Å². The Morgan fingerprint density at radius 2 is 1.69 bits per heavy atom. The Morgan fingerprint density at radius 3 is 2.27 bits per heavy atom. The Bertz CT molecular complexity index is 1040. The van der Waals surface area contributed by atoms with E-state index in [-0.39, 0.29) is 28.7 Å². The molecule has 0 radical (unpaired) electrons. The van der Waals surface area contributed by atoms with Crippen molar-refractivity contribution in [3.8, 4) is 5.88 Å². The summed E-state index contributed by atoms with van der Waals surface area (Å²) in [5, 5.41) is 11.0. The summed E-state index contributed by atoms with van der Waals surface area (Å²) < 4.78 is 27.9. The van der Waals surface area contributed by atoms with Gasteiger partial charge in [-0.1, -0.05) is 53.8 Å². The Balaban J connectivity index is 1.77. The van der Waals surface area contributed by atoms with Crippen molar-refractivity contribution in [1.29, 1.82) is 0 Å². The molecule has 8 heteroatoms. The van der Waals surface area contributed by atoms with Crippen LogP contribution in [0.4, 0.5) is 0 Å². The molecule has 0 atom stereocenters. The molecule has 1 N–H and O–H groups in total. The van der Waals surface area contributed by atoms with E-state index < -0.39 is 10.0 Å². The lowest BCUT2D eigenvalue weighted by Gasteiger charge is -2.17. The standard InChI is InChI=1S/C18H18N2O4S2/c1-19(11-14-5-3-2-4-6-14)26(23,24)16-9-7-15(8-10-16)12-20-17(21)13-25-18(20)22/h2-10,13,21H,11-12H2,1H3. The number of hydrogen-bond donors (Lipinski definition) is 1. The Morgan fingerprint density at radius 1 is 1.04 bits per heavy atom. The quantitative estimate of drug-likeness (QED) is 0.701. The van der Waals surface area contributed by atoms with Crippen molar-refractivity contribution < 1.29 is 13.5 Å². The monoisotopic (exact) mass is 390 g/mol. The van der Waals surface area contributed by atoms with E-state index >= 15 is 0 Å². The summed E-state index contributed by atoms with van der Waals surface area (Å²) in [6.45, 7) is 0.470. The Labute approximate surface area is 155 Å². The van der Waals surface area contributed by atoms with E-state index in [2.05, 4.69) is 0 Å². The van der Waals surface area contributed by atoms with Gasteiger partial charge < -0.3 is 5.11 Å². The molecule has 0 unspecified atom stereocenters. The van der Waals surface area contributed by atoms with E-state index in [4.69, 9.17) is 0 Å². The topological polar surface area (TPSA) is 79.6 Å². The average Bonchev–Trinajstić information content (AvgIpc) is 2.95. The van der Waals surface area contributed by atoms with E-state index in [0.29, 0.717) is 0 Å². The van der Waals surface area contributed by atoms with Gasteiger partial charge in [-0.05, 0) is 23.3 Å². The summed E-state index contributed by atoms with van der Waals surface area (Å²) in [6.07, 6.45) is 0. The number of aromatic hydroxyl groups is 1. The molecular weight excluding hydrogens is 372 g/mol. The normalized spacial score (nSPS) is 11.8. The molecule has 0 saturated carbocycles. The molecule has 6 nitrogen and oxygen atoms in total. The fourth-order valence-electron chi connectivity index (χ4n) is 2.52. The summed E-state index contributed by atoms with van der Waals surface area (Å²) in [6, 6.07) is 15.7. The van der Waals surface area contributed by atoms with Gasteiger partial charge in [-0.3, -0.25) is 9.36 Å². The first-order valence-electron chi connectivity index (χ1n) is 7.84. The highest BCUT2D eigenvalue weighted by Crippen LogP contribution is 2.19. The predicted molar refractivity (Wildman–Crippen MR) is 101 cm³/mol. The molecule has 0 amide bonds. The third kappa shape index (κ3) is 3.87. The molecule has 3 rings (SSSR count). The summed E-state index contributed by atoms with van der Waals surface area (Å²) in [7, 11) is -2.07. The smallest absolute Gasteiger partial charge is 0.310 e. The second kappa shape index (κ2) is 7.45. The van der Waals surface area contributed by atoms with Crippen LogP contribution in [0.1, 0.15) is 11.1 Å². The lowest BCUT2D eigenvalue weighted by atomic mass is 10.2. The van der Waals surface area contributed by atoms with Gasteiger partial charge in [0.25, 0.3) is 0 Å². The van der Waals surface area contributed by atoms with Crippen molar-refractivity contribution >= 4 is 21.4 Å². The minimum atomic E-state index is -3.61. The molecule has 0 aliphatic rings.